The molecule has 0 fully saturated rings. The zero-order chi connectivity index (χ0) is 15.7. The minimum Gasteiger partial charge on any atom is -0.478 e. The van der Waals surface area contributed by atoms with Gasteiger partial charge in [0.15, 0.2) is 5.78 Å². The van der Waals surface area contributed by atoms with Crippen molar-refractivity contribution in [3.8, 4) is 0 Å². The highest BCUT2D eigenvalue weighted by atomic mass is 35.5. The van der Waals surface area contributed by atoms with E-state index in [4.69, 9.17) is 46.4 Å². The lowest BCUT2D eigenvalue weighted by atomic mass is 10.1. The van der Waals surface area contributed by atoms with E-state index in [1.165, 1.54) is 30.3 Å². The summed E-state index contributed by atoms with van der Waals surface area (Å²) in [6.45, 7) is 0. The van der Waals surface area contributed by atoms with Crippen molar-refractivity contribution in [2.75, 3.05) is 0 Å². The molecule has 0 heterocycles. The second-order valence-electron chi connectivity index (χ2n) is 4.04. The maximum atomic E-state index is 12.6. The van der Waals surface area contributed by atoms with E-state index in [0.717, 1.165) is 0 Å². The quantitative estimate of drug-likeness (QED) is 0.757. The van der Waals surface area contributed by atoms with Gasteiger partial charge in [-0.05, 0) is 30.3 Å². The molecule has 0 amide bonds. The molecule has 0 saturated heterocycles. The first-order valence-electron chi connectivity index (χ1n) is 5.54. The molecule has 0 spiro atoms. The Morgan fingerprint density at radius 1 is 0.952 bits per heavy atom. The summed E-state index contributed by atoms with van der Waals surface area (Å²) in [6, 6.07) is 6.95. The smallest absolute Gasteiger partial charge is 0.338 e. The van der Waals surface area contributed by atoms with Crippen LogP contribution in [0.25, 0.3) is 0 Å². The average molecular weight is 366 g/mol. The van der Waals surface area contributed by atoms with Gasteiger partial charge in [-0.3, -0.25) is 4.79 Å². The van der Waals surface area contributed by atoms with Crippen LogP contribution in [0, 0.1) is 0 Å². The Morgan fingerprint density at radius 3 is 2.14 bits per heavy atom. The van der Waals surface area contributed by atoms with E-state index in [1.807, 2.05) is 0 Å². The maximum Gasteiger partial charge on any atom is 0.338 e. The topological polar surface area (TPSA) is 54.4 Å². The van der Waals surface area contributed by atoms with Gasteiger partial charge in [0.2, 0.25) is 0 Å². The summed E-state index contributed by atoms with van der Waals surface area (Å²) in [6.07, 6.45) is 0. The number of carbonyl (C=O) groups is 2. The number of carbonyl (C=O) groups excluding carboxylic acids is 1. The van der Waals surface area contributed by atoms with Crippen LogP contribution in [0.15, 0.2) is 30.3 Å². The molecule has 0 aliphatic carbocycles. The third-order valence-corrected chi connectivity index (χ3v) is 3.91. The molecule has 21 heavy (non-hydrogen) atoms. The van der Waals surface area contributed by atoms with Gasteiger partial charge >= 0.3 is 5.97 Å². The van der Waals surface area contributed by atoms with Crippen LogP contribution in [0.1, 0.15) is 26.3 Å². The maximum absolute atomic E-state index is 12.6. The van der Waals surface area contributed by atoms with Gasteiger partial charge in [0.1, 0.15) is 0 Å². The minimum atomic E-state index is -1.36. The van der Waals surface area contributed by atoms with Crippen molar-refractivity contribution in [1.82, 2.24) is 0 Å². The van der Waals surface area contributed by atoms with Crippen molar-refractivity contribution in [2.45, 2.75) is 0 Å². The number of hydrogen-bond donors (Lipinski definition) is 1. The van der Waals surface area contributed by atoms with Crippen molar-refractivity contribution in [1.29, 1.82) is 0 Å². The van der Waals surface area contributed by atoms with Crippen molar-refractivity contribution < 1.29 is 14.7 Å². The Kier molecular flexibility index (Phi) is 4.79. The van der Waals surface area contributed by atoms with E-state index in [-0.39, 0.29) is 36.8 Å². The third kappa shape index (κ3) is 3.16. The minimum absolute atomic E-state index is 0.0298. The van der Waals surface area contributed by atoms with Crippen LogP contribution in [-0.2, 0) is 0 Å². The van der Waals surface area contributed by atoms with Crippen LogP contribution in [0.5, 0.6) is 0 Å². The zero-order valence-corrected chi connectivity index (χ0v) is 13.2. The lowest BCUT2D eigenvalue weighted by molar-refractivity contribution is 0.0693. The van der Waals surface area contributed by atoms with Gasteiger partial charge in [0.05, 0.1) is 26.2 Å². The molecule has 0 atom stereocenters. The predicted octanol–water partition coefficient (Wildman–Crippen LogP) is 5.23. The molecule has 2 aromatic rings. The molecule has 2 rings (SSSR count). The number of aromatic carboxylic acids is 1. The van der Waals surface area contributed by atoms with Gasteiger partial charge in [-0.15, -0.1) is 0 Å². The fourth-order valence-electron chi connectivity index (χ4n) is 1.79. The molecule has 0 aliphatic rings. The number of carboxylic acids is 1. The van der Waals surface area contributed by atoms with Crippen LogP contribution in [0.3, 0.4) is 0 Å². The van der Waals surface area contributed by atoms with Gasteiger partial charge < -0.3 is 5.11 Å². The summed E-state index contributed by atoms with van der Waals surface area (Å²) in [5.41, 5.74) is -0.540. The average Bonchev–Trinajstić information content (AvgIpc) is 2.42. The van der Waals surface area contributed by atoms with E-state index < -0.39 is 11.8 Å². The second kappa shape index (κ2) is 6.24. The van der Waals surface area contributed by atoms with Crippen molar-refractivity contribution in [3.63, 3.8) is 0 Å². The number of benzene rings is 2. The van der Waals surface area contributed by atoms with Gasteiger partial charge in [-0.2, -0.15) is 0 Å². The summed E-state index contributed by atoms with van der Waals surface area (Å²) >= 11 is 23.6. The Morgan fingerprint density at radius 2 is 1.52 bits per heavy atom. The van der Waals surface area contributed by atoms with Crippen LogP contribution in [0.4, 0.5) is 0 Å². The zero-order valence-electron chi connectivity index (χ0n) is 10.2. The van der Waals surface area contributed by atoms with Gasteiger partial charge in [0, 0.05) is 10.6 Å². The number of ketones is 1. The van der Waals surface area contributed by atoms with E-state index in [9.17, 15) is 14.7 Å². The lowest BCUT2D eigenvalue weighted by Gasteiger charge is -2.10. The molecule has 0 unspecified atom stereocenters. The molecule has 108 valence electrons. The van der Waals surface area contributed by atoms with Gasteiger partial charge in [-0.25, -0.2) is 4.79 Å². The molecule has 0 saturated carbocycles. The third-order valence-electron chi connectivity index (χ3n) is 2.72. The summed E-state index contributed by atoms with van der Waals surface area (Å²) in [5.74, 6) is -2.02. The van der Waals surface area contributed by atoms with Crippen molar-refractivity contribution in [2.24, 2.45) is 0 Å². The highest BCUT2D eigenvalue weighted by molar-refractivity contribution is 6.42. The van der Waals surface area contributed by atoms with Gasteiger partial charge in [0.25, 0.3) is 0 Å². The van der Waals surface area contributed by atoms with E-state index in [0.29, 0.717) is 0 Å². The predicted molar refractivity (Wildman–Crippen MR) is 83.3 cm³/mol. The molecule has 3 nitrogen and oxygen atoms in total. The summed E-state index contributed by atoms with van der Waals surface area (Å²) in [4.78, 5) is 23.9. The molecule has 0 bridgehead atoms. The first-order chi connectivity index (χ1) is 9.82. The first kappa shape index (κ1) is 16.1. The number of rotatable bonds is 3. The molecule has 7 heteroatoms. The van der Waals surface area contributed by atoms with E-state index in [1.54, 1.807) is 0 Å². The summed E-state index contributed by atoms with van der Waals surface area (Å²) in [5, 5.41) is 9.54. The molecular formula is C14H6Cl4O3. The molecule has 0 aromatic heterocycles. The fraction of sp³-hybridized carbons (Fsp3) is 0. The van der Waals surface area contributed by atoms with Crippen LogP contribution >= 0.6 is 46.4 Å². The Hall–Kier alpha value is -1.26. The Balaban J connectivity index is 2.72. The van der Waals surface area contributed by atoms with Crippen LogP contribution in [-0.4, -0.2) is 16.9 Å². The Labute approximate surface area is 140 Å². The normalized spacial score (nSPS) is 10.5. The summed E-state index contributed by atoms with van der Waals surface area (Å²) in [7, 11) is 0. The molecular weight excluding hydrogens is 360 g/mol. The number of hydrogen-bond acceptors (Lipinski definition) is 2. The standard InChI is InChI=1S/C14H6Cl4O3/c15-6-1-2-8(16)7(5-6)13(19)11-9(17)3-4-10(18)12(11)14(20)21/h1-5H,(H,20,21)/i13+2. The van der Waals surface area contributed by atoms with Crippen molar-refractivity contribution >= 4 is 58.2 Å². The van der Waals surface area contributed by atoms with Gasteiger partial charge in [-0.1, -0.05) is 46.4 Å². The van der Waals surface area contributed by atoms with Crippen molar-refractivity contribution in [3.05, 3.63) is 67.1 Å². The van der Waals surface area contributed by atoms with E-state index in [2.05, 4.69) is 0 Å². The molecule has 0 radical (unpaired) electrons. The first-order valence-corrected chi connectivity index (χ1v) is 7.05. The number of halogens is 4. The second-order valence-corrected chi connectivity index (χ2v) is 5.70. The largest absolute Gasteiger partial charge is 0.478 e. The highest BCUT2D eigenvalue weighted by Gasteiger charge is 2.25. The monoisotopic (exact) mass is 364 g/mol. The SMILES string of the molecule is O=C(O)c1c(Cl)ccc(Cl)c1[14C](=O)c1cc(Cl)ccc1Cl. The van der Waals surface area contributed by atoms with Crippen LogP contribution < -0.4 is 0 Å². The fourth-order valence-corrected chi connectivity index (χ4v) is 2.65. The number of carboxylic acid groups (broad SMARTS) is 1. The summed E-state index contributed by atoms with van der Waals surface area (Å²) < 4.78 is 0. The van der Waals surface area contributed by atoms with Crippen LogP contribution in [0.2, 0.25) is 20.1 Å². The molecule has 2 aromatic carbocycles. The highest BCUT2D eigenvalue weighted by Crippen LogP contribution is 2.31. The molecule has 0 aliphatic heterocycles. The molecule has 1 N–H and O–H groups in total. The van der Waals surface area contributed by atoms with E-state index >= 15 is 0 Å². The lowest BCUT2D eigenvalue weighted by Crippen LogP contribution is -2.12. The Bertz CT molecular complexity index is 756.